The lowest BCUT2D eigenvalue weighted by molar-refractivity contribution is 0.131. The number of rotatable bonds is 6. The van der Waals surface area contributed by atoms with Crippen molar-refractivity contribution in [3.05, 3.63) is 0 Å². The molecule has 3 N–H and O–H groups in total. The highest BCUT2D eigenvalue weighted by Crippen LogP contribution is 2.42. The summed E-state index contributed by atoms with van der Waals surface area (Å²) in [5, 5.41) is 3.73. The summed E-state index contributed by atoms with van der Waals surface area (Å²) in [6.45, 7) is 5.62. The van der Waals surface area contributed by atoms with Gasteiger partial charge in [-0.15, -0.1) is 0 Å². The molecule has 94 valence electrons. The lowest BCUT2D eigenvalue weighted by atomic mass is 9.68. The molecule has 0 heterocycles. The van der Waals surface area contributed by atoms with Crippen LogP contribution in [0.5, 0.6) is 0 Å². The van der Waals surface area contributed by atoms with E-state index in [1.54, 1.807) is 0 Å². The van der Waals surface area contributed by atoms with Gasteiger partial charge in [-0.1, -0.05) is 26.2 Å². The summed E-state index contributed by atoms with van der Waals surface area (Å²) in [7, 11) is 0. The fourth-order valence-corrected chi connectivity index (χ4v) is 3.50. The van der Waals surface area contributed by atoms with Gasteiger partial charge in [0.1, 0.15) is 0 Å². The zero-order valence-corrected chi connectivity index (χ0v) is 10.9. The largest absolute Gasteiger partial charge is 0.330 e. The molecule has 2 fully saturated rings. The Morgan fingerprint density at radius 1 is 0.938 bits per heavy atom. The maximum atomic E-state index is 5.89. The van der Waals surface area contributed by atoms with Crippen molar-refractivity contribution in [3.8, 4) is 0 Å². The van der Waals surface area contributed by atoms with E-state index in [1.165, 1.54) is 57.9 Å². The van der Waals surface area contributed by atoms with Crippen molar-refractivity contribution in [2.75, 3.05) is 19.6 Å². The van der Waals surface area contributed by atoms with Crippen LogP contribution in [0.15, 0.2) is 0 Å². The molecule has 0 unspecified atom stereocenters. The highest BCUT2D eigenvalue weighted by Gasteiger charge is 2.37. The molecule has 2 aliphatic carbocycles. The number of nitrogens with two attached hydrogens (primary N) is 1. The first-order valence-corrected chi connectivity index (χ1v) is 7.15. The predicted molar refractivity (Wildman–Crippen MR) is 69.4 cm³/mol. The van der Waals surface area contributed by atoms with E-state index in [1.807, 2.05) is 0 Å². The summed E-state index contributed by atoms with van der Waals surface area (Å²) in [5.41, 5.74) is 6.98. The average molecular weight is 224 g/mol. The summed E-state index contributed by atoms with van der Waals surface area (Å²) in [5.74, 6) is 0. The van der Waals surface area contributed by atoms with Crippen LogP contribution in [0.4, 0.5) is 0 Å². The van der Waals surface area contributed by atoms with Gasteiger partial charge in [-0.3, -0.25) is 0 Å². The first kappa shape index (κ1) is 12.4. The Balaban J connectivity index is 1.74. The second-order valence-corrected chi connectivity index (χ2v) is 6.22. The number of hydrogen-bond donors (Lipinski definition) is 2. The fourth-order valence-electron chi connectivity index (χ4n) is 3.50. The van der Waals surface area contributed by atoms with Crippen LogP contribution < -0.4 is 11.1 Å². The van der Waals surface area contributed by atoms with Crippen molar-refractivity contribution in [2.45, 2.75) is 58.3 Å². The van der Waals surface area contributed by atoms with Gasteiger partial charge in [-0.05, 0) is 49.5 Å². The Bertz CT molecular complexity index is 209. The Labute approximate surface area is 100 Å². The van der Waals surface area contributed by atoms with E-state index in [2.05, 4.69) is 12.2 Å². The first-order chi connectivity index (χ1) is 7.74. The summed E-state index contributed by atoms with van der Waals surface area (Å²) in [6, 6.07) is 0. The summed E-state index contributed by atoms with van der Waals surface area (Å²) in [6.07, 6.45) is 11.2. The van der Waals surface area contributed by atoms with E-state index in [4.69, 9.17) is 5.73 Å². The summed E-state index contributed by atoms with van der Waals surface area (Å²) >= 11 is 0. The third-order valence-corrected chi connectivity index (χ3v) is 5.26. The zero-order valence-electron chi connectivity index (χ0n) is 10.9. The minimum atomic E-state index is 0.466. The molecule has 0 aromatic carbocycles. The molecule has 2 aliphatic rings. The standard InChI is InChI=1S/C14H28N2/c1-2-13(6-3-4-7-13)11-16-12-14(10-15)8-5-9-14/h16H,2-12,15H2,1H3. The van der Waals surface area contributed by atoms with Gasteiger partial charge in [0.05, 0.1) is 0 Å². The predicted octanol–water partition coefficient (Wildman–Crippen LogP) is 2.68. The molecule has 0 aliphatic heterocycles. The van der Waals surface area contributed by atoms with E-state index >= 15 is 0 Å². The Morgan fingerprint density at radius 3 is 1.94 bits per heavy atom. The highest BCUT2D eigenvalue weighted by molar-refractivity contribution is 4.92. The van der Waals surface area contributed by atoms with Crippen LogP contribution in [0.25, 0.3) is 0 Å². The van der Waals surface area contributed by atoms with Crippen molar-refractivity contribution in [2.24, 2.45) is 16.6 Å². The third-order valence-electron chi connectivity index (χ3n) is 5.26. The molecule has 0 aromatic heterocycles. The van der Waals surface area contributed by atoms with Gasteiger partial charge < -0.3 is 11.1 Å². The van der Waals surface area contributed by atoms with Gasteiger partial charge in [0.25, 0.3) is 0 Å². The smallest absolute Gasteiger partial charge is 0.00201 e. The van der Waals surface area contributed by atoms with Gasteiger partial charge in [0.15, 0.2) is 0 Å². The molecular weight excluding hydrogens is 196 g/mol. The minimum absolute atomic E-state index is 0.466. The van der Waals surface area contributed by atoms with Crippen LogP contribution in [-0.4, -0.2) is 19.6 Å². The molecule has 0 amide bonds. The number of hydrogen-bond acceptors (Lipinski definition) is 2. The lowest BCUT2D eigenvalue weighted by Gasteiger charge is -2.42. The van der Waals surface area contributed by atoms with Crippen LogP contribution >= 0.6 is 0 Å². The maximum absolute atomic E-state index is 5.89. The SMILES string of the molecule is CCC1(CNCC2(CN)CCC2)CCCC1. The Morgan fingerprint density at radius 2 is 1.50 bits per heavy atom. The summed E-state index contributed by atoms with van der Waals surface area (Å²) in [4.78, 5) is 0. The molecule has 2 saturated carbocycles. The quantitative estimate of drug-likeness (QED) is 0.728. The summed E-state index contributed by atoms with van der Waals surface area (Å²) < 4.78 is 0. The topological polar surface area (TPSA) is 38.0 Å². The van der Waals surface area contributed by atoms with Crippen LogP contribution in [0.3, 0.4) is 0 Å². The van der Waals surface area contributed by atoms with E-state index in [0.29, 0.717) is 10.8 Å². The Hall–Kier alpha value is -0.0800. The molecule has 0 spiro atoms. The normalized spacial score (nSPS) is 26.6. The molecule has 16 heavy (non-hydrogen) atoms. The lowest BCUT2D eigenvalue weighted by Crippen LogP contribution is -2.47. The van der Waals surface area contributed by atoms with E-state index in [-0.39, 0.29) is 0 Å². The first-order valence-electron chi connectivity index (χ1n) is 7.15. The van der Waals surface area contributed by atoms with E-state index < -0.39 is 0 Å². The molecule has 0 radical (unpaired) electrons. The zero-order chi connectivity index (χ0) is 11.5. The van der Waals surface area contributed by atoms with Crippen LogP contribution in [-0.2, 0) is 0 Å². The monoisotopic (exact) mass is 224 g/mol. The van der Waals surface area contributed by atoms with Crippen molar-refractivity contribution in [1.82, 2.24) is 5.32 Å². The molecule has 0 saturated heterocycles. The molecule has 2 nitrogen and oxygen atoms in total. The van der Waals surface area contributed by atoms with Crippen LogP contribution in [0, 0.1) is 10.8 Å². The van der Waals surface area contributed by atoms with Crippen LogP contribution in [0.2, 0.25) is 0 Å². The minimum Gasteiger partial charge on any atom is -0.330 e. The Kier molecular flexibility index (Phi) is 3.91. The van der Waals surface area contributed by atoms with Gasteiger partial charge in [-0.25, -0.2) is 0 Å². The van der Waals surface area contributed by atoms with Crippen molar-refractivity contribution < 1.29 is 0 Å². The van der Waals surface area contributed by atoms with E-state index in [0.717, 1.165) is 13.1 Å². The van der Waals surface area contributed by atoms with Crippen molar-refractivity contribution in [3.63, 3.8) is 0 Å². The second-order valence-electron chi connectivity index (χ2n) is 6.22. The molecule has 0 bridgehead atoms. The van der Waals surface area contributed by atoms with Gasteiger partial charge in [0.2, 0.25) is 0 Å². The molecule has 0 aromatic rings. The highest BCUT2D eigenvalue weighted by atomic mass is 14.9. The molecule has 0 atom stereocenters. The van der Waals surface area contributed by atoms with Crippen LogP contribution in [0.1, 0.15) is 58.3 Å². The van der Waals surface area contributed by atoms with Gasteiger partial charge in [0, 0.05) is 13.1 Å². The van der Waals surface area contributed by atoms with Gasteiger partial charge >= 0.3 is 0 Å². The van der Waals surface area contributed by atoms with Crippen molar-refractivity contribution in [1.29, 1.82) is 0 Å². The van der Waals surface area contributed by atoms with E-state index in [9.17, 15) is 0 Å². The molecule has 2 rings (SSSR count). The van der Waals surface area contributed by atoms with Gasteiger partial charge in [-0.2, -0.15) is 0 Å². The second kappa shape index (κ2) is 5.05. The fraction of sp³-hybridized carbons (Fsp3) is 1.00. The molecular formula is C14H28N2. The average Bonchev–Trinajstić information content (AvgIpc) is 2.72. The van der Waals surface area contributed by atoms with Crippen molar-refractivity contribution >= 4 is 0 Å². The number of nitrogens with one attached hydrogen (secondary N) is 1. The maximum Gasteiger partial charge on any atom is 0.00201 e. The molecule has 2 heteroatoms. The third kappa shape index (κ3) is 2.43.